The van der Waals surface area contributed by atoms with E-state index in [4.69, 9.17) is 0 Å². The Kier molecular flexibility index (Phi) is 5.51. The third-order valence-electron chi connectivity index (χ3n) is 6.75. The van der Waals surface area contributed by atoms with Crippen molar-refractivity contribution in [3.05, 3.63) is 65.5 Å². The first-order valence-corrected chi connectivity index (χ1v) is 12.7. The van der Waals surface area contributed by atoms with Gasteiger partial charge in [0.05, 0.1) is 22.2 Å². The lowest BCUT2D eigenvalue weighted by Gasteiger charge is -2.31. The number of likely N-dealkylation sites (tertiary alicyclic amines) is 1. The minimum absolute atomic E-state index is 0.0497. The van der Waals surface area contributed by atoms with Gasteiger partial charge in [-0.25, -0.2) is 12.9 Å². The molecule has 2 saturated heterocycles. The number of pyridine rings is 1. The van der Waals surface area contributed by atoms with Crippen molar-refractivity contribution in [3.63, 3.8) is 0 Å². The molecule has 0 aliphatic carbocycles. The van der Waals surface area contributed by atoms with E-state index in [2.05, 4.69) is 11.2 Å². The fourth-order valence-corrected chi connectivity index (χ4v) is 6.26. The molecule has 32 heavy (non-hydrogen) atoms. The van der Waals surface area contributed by atoms with Crippen molar-refractivity contribution in [2.45, 2.75) is 43.4 Å². The second kappa shape index (κ2) is 8.33. The minimum atomic E-state index is -3.47. The van der Waals surface area contributed by atoms with Crippen LogP contribution in [0.15, 0.2) is 53.7 Å². The Morgan fingerprint density at radius 2 is 1.69 bits per heavy atom. The van der Waals surface area contributed by atoms with E-state index in [0.717, 1.165) is 55.4 Å². The fraction of sp³-hybridized carbons (Fsp3) is 0.417. The highest BCUT2D eigenvalue weighted by molar-refractivity contribution is 7.89. The van der Waals surface area contributed by atoms with Gasteiger partial charge < -0.3 is 4.90 Å². The summed E-state index contributed by atoms with van der Waals surface area (Å²) in [7, 11) is -3.47. The molecule has 7 nitrogen and oxygen atoms in total. The van der Waals surface area contributed by atoms with Crippen LogP contribution in [0.25, 0.3) is 5.52 Å². The maximum absolute atomic E-state index is 13.0. The van der Waals surface area contributed by atoms with Gasteiger partial charge in [0.1, 0.15) is 0 Å². The summed E-state index contributed by atoms with van der Waals surface area (Å²) in [6.07, 6.45) is 7.19. The van der Waals surface area contributed by atoms with Crippen LogP contribution in [0.4, 0.5) is 0 Å². The van der Waals surface area contributed by atoms with Crippen molar-refractivity contribution in [3.8, 4) is 0 Å². The number of piperidine rings is 1. The number of amides is 1. The molecule has 1 aromatic carbocycles. The van der Waals surface area contributed by atoms with E-state index in [-0.39, 0.29) is 11.8 Å². The van der Waals surface area contributed by atoms with E-state index < -0.39 is 10.0 Å². The lowest BCUT2D eigenvalue weighted by molar-refractivity contribution is 0.0794. The van der Waals surface area contributed by atoms with E-state index in [1.807, 2.05) is 36.2 Å². The van der Waals surface area contributed by atoms with E-state index in [9.17, 15) is 13.2 Å². The zero-order valence-electron chi connectivity index (χ0n) is 18.3. The number of hydrogen-bond donors (Lipinski definition) is 0. The van der Waals surface area contributed by atoms with E-state index in [1.54, 1.807) is 27.2 Å². The number of carbonyl (C=O) groups excluding carboxylic acids is 1. The number of benzene rings is 1. The second-order valence-electron chi connectivity index (χ2n) is 8.84. The summed E-state index contributed by atoms with van der Waals surface area (Å²) >= 11 is 0. The van der Waals surface area contributed by atoms with Gasteiger partial charge >= 0.3 is 0 Å². The van der Waals surface area contributed by atoms with Gasteiger partial charge in [0.15, 0.2) is 0 Å². The van der Waals surface area contributed by atoms with Crippen molar-refractivity contribution in [1.82, 2.24) is 18.8 Å². The van der Waals surface area contributed by atoms with Crippen LogP contribution in [-0.2, 0) is 10.0 Å². The fourth-order valence-electron chi connectivity index (χ4n) is 4.80. The molecule has 2 aliphatic heterocycles. The largest absolute Gasteiger partial charge is 0.339 e. The molecule has 2 aromatic heterocycles. The molecule has 0 atom stereocenters. The number of hydrogen-bond acceptors (Lipinski definition) is 4. The summed E-state index contributed by atoms with van der Waals surface area (Å²) in [5.74, 6) is 0.308. The smallest absolute Gasteiger partial charge is 0.257 e. The van der Waals surface area contributed by atoms with Crippen LogP contribution in [0.3, 0.4) is 0 Å². The van der Waals surface area contributed by atoms with Crippen molar-refractivity contribution in [2.24, 2.45) is 0 Å². The number of nitrogens with zero attached hydrogens (tertiary/aromatic N) is 4. The normalized spacial score (nSPS) is 18.5. The maximum atomic E-state index is 13.0. The van der Waals surface area contributed by atoms with Gasteiger partial charge in [-0.2, -0.15) is 9.40 Å². The topological polar surface area (TPSA) is 75.0 Å². The number of rotatable bonds is 4. The SMILES string of the molecule is Cc1ccc(S(=O)(=O)N2CCC(c3ccn4ncc(C(=O)N5CCCC5)c4c3)CC2)cc1. The molecule has 0 saturated carbocycles. The number of aromatic nitrogens is 2. The molecule has 1 amide bonds. The van der Waals surface area contributed by atoms with Crippen LogP contribution in [0, 0.1) is 6.92 Å². The average Bonchev–Trinajstić information content (AvgIpc) is 3.49. The van der Waals surface area contributed by atoms with Gasteiger partial charge in [0.2, 0.25) is 10.0 Å². The monoisotopic (exact) mass is 452 g/mol. The van der Waals surface area contributed by atoms with Gasteiger partial charge in [-0.1, -0.05) is 17.7 Å². The van der Waals surface area contributed by atoms with E-state index in [1.165, 1.54) is 0 Å². The van der Waals surface area contributed by atoms with Crippen LogP contribution in [-0.4, -0.2) is 59.3 Å². The Labute approximate surface area is 188 Å². The lowest BCUT2D eigenvalue weighted by Crippen LogP contribution is -2.37. The lowest BCUT2D eigenvalue weighted by atomic mass is 9.90. The van der Waals surface area contributed by atoms with Crippen LogP contribution in [0.5, 0.6) is 0 Å². The van der Waals surface area contributed by atoms with Crippen LogP contribution >= 0.6 is 0 Å². The summed E-state index contributed by atoms with van der Waals surface area (Å²) in [4.78, 5) is 15.2. The van der Waals surface area contributed by atoms with Crippen LogP contribution in [0.2, 0.25) is 0 Å². The van der Waals surface area contributed by atoms with E-state index >= 15 is 0 Å². The molecule has 4 heterocycles. The molecule has 0 bridgehead atoms. The summed E-state index contributed by atoms with van der Waals surface area (Å²) < 4.78 is 29.3. The zero-order chi connectivity index (χ0) is 22.3. The molecule has 0 N–H and O–H groups in total. The van der Waals surface area contributed by atoms with Crippen LogP contribution < -0.4 is 0 Å². The molecule has 0 spiro atoms. The highest BCUT2D eigenvalue weighted by atomic mass is 32.2. The summed E-state index contributed by atoms with van der Waals surface area (Å²) in [5, 5.41) is 4.36. The van der Waals surface area contributed by atoms with Gasteiger partial charge in [-0.05, 0) is 68.4 Å². The third-order valence-corrected chi connectivity index (χ3v) is 8.67. The van der Waals surface area contributed by atoms with Gasteiger partial charge in [-0.15, -0.1) is 0 Å². The Balaban J connectivity index is 1.33. The third kappa shape index (κ3) is 3.82. The molecular formula is C24H28N4O3S. The first kappa shape index (κ1) is 21.2. The second-order valence-corrected chi connectivity index (χ2v) is 10.8. The molecule has 5 rings (SSSR count). The Morgan fingerprint density at radius 1 is 1.00 bits per heavy atom. The number of aryl methyl sites for hydroxylation is 1. The summed E-state index contributed by atoms with van der Waals surface area (Å²) in [6.45, 7) is 4.55. The van der Waals surface area contributed by atoms with Crippen molar-refractivity contribution in [1.29, 1.82) is 0 Å². The standard InChI is InChI=1S/C24H28N4O3S/c1-18-4-6-21(7-5-18)32(30,31)27-13-8-19(9-14-27)20-10-15-28-23(16-20)22(17-25-28)24(29)26-11-2-3-12-26/h4-7,10,15-17,19H,2-3,8-9,11-14H2,1H3. The highest BCUT2D eigenvalue weighted by Crippen LogP contribution is 2.32. The van der Waals surface area contributed by atoms with Crippen molar-refractivity contribution in [2.75, 3.05) is 26.2 Å². The Bertz CT molecular complexity index is 1240. The Hall–Kier alpha value is -2.71. The first-order chi connectivity index (χ1) is 15.4. The molecule has 168 valence electrons. The average molecular weight is 453 g/mol. The first-order valence-electron chi connectivity index (χ1n) is 11.3. The quantitative estimate of drug-likeness (QED) is 0.608. The maximum Gasteiger partial charge on any atom is 0.257 e. The summed E-state index contributed by atoms with van der Waals surface area (Å²) in [5.41, 5.74) is 3.66. The molecule has 2 fully saturated rings. The number of carbonyl (C=O) groups is 1. The summed E-state index contributed by atoms with van der Waals surface area (Å²) in [6, 6.07) is 11.1. The van der Waals surface area contributed by atoms with Gasteiger partial charge in [-0.3, -0.25) is 4.79 Å². The minimum Gasteiger partial charge on any atom is -0.339 e. The van der Waals surface area contributed by atoms with E-state index in [0.29, 0.717) is 23.5 Å². The molecule has 0 radical (unpaired) electrons. The Morgan fingerprint density at radius 3 is 2.38 bits per heavy atom. The molecule has 0 unspecified atom stereocenters. The predicted octanol–water partition coefficient (Wildman–Crippen LogP) is 3.45. The van der Waals surface area contributed by atoms with Crippen LogP contribution in [0.1, 0.15) is 53.1 Å². The number of sulfonamides is 1. The van der Waals surface area contributed by atoms with Gasteiger partial charge in [0.25, 0.3) is 5.91 Å². The molecule has 2 aliphatic rings. The molecule has 8 heteroatoms. The molecule has 3 aromatic rings. The zero-order valence-corrected chi connectivity index (χ0v) is 19.1. The predicted molar refractivity (Wildman–Crippen MR) is 122 cm³/mol. The van der Waals surface area contributed by atoms with Gasteiger partial charge in [0, 0.05) is 32.4 Å². The van der Waals surface area contributed by atoms with Crippen molar-refractivity contribution >= 4 is 21.4 Å². The highest BCUT2D eigenvalue weighted by Gasteiger charge is 2.30. The number of fused-ring (bicyclic) bond motifs is 1. The molecular weight excluding hydrogens is 424 g/mol. The van der Waals surface area contributed by atoms with Crippen molar-refractivity contribution < 1.29 is 13.2 Å².